The van der Waals surface area contributed by atoms with Crippen LogP contribution in [0.2, 0.25) is 0 Å². The number of hydrogen-bond donors (Lipinski definition) is 2. The lowest BCUT2D eigenvalue weighted by atomic mass is 10.1. The molecule has 104 valence electrons. The van der Waals surface area contributed by atoms with Crippen LogP contribution in [0.25, 0.3) is 0 Å². The number of rotatable bonds is 5. The smallest absolute Gasteiger partial charge is 0.257 e. The van der Waals surface area contributed by atoms with Crippen LogP contribution < -0.4 is 10.5 Å². The molecule has 1 aromatic rings. The van der Waals surface area contributed by atoms with Gasteiger partial charge in [0, 0.05) is 19.5 Å². The fraction of sp³-hybridized carbons (Fsp3) is 0.385. The molecule has 3 N–H and O–H groups in total. The lowest BCUT2D eigenvalue weighted by molar-refractivity contribution is 0.0744. The predicted octanol–water partition coefficient (Wildman–Crippen LogP) is 1.54. The average Bonchev–Trinajstić information content (AvgIpc) is 2.36. The van der Waals surface area contributed by atoms with Crippen molar-refractivity contribution in [3.8, 4) is 11.5 Å². The minimum absolute atomic E-state index is 0.0832. The summed E-state index contributed by atoms with van der Waals surface area (Å²) in [5.41, 5.74) is 5.66. The van der Waals surface area contributed by atoms with E-state index in [4.69, 9.17) is 22.7 Å². The van der Waals surface area contributed by atoms with Gasteiger partial charge in [0.25, 0.3) is 5.91 Å². The zero-order valence-electron chi connectivity index (χ0n) is 11.2. The number of ether oxygens (including phenoxy) is 1. The average molecular weight is 282 g/mol. The molecule has 0 aliphatic rings. The molecule has 0 aliphatic heterocycles. The lowest BCUT2D eigenvalue weighted by Gasteiger charge is -2.25. The van der Waals surface area contributed by atoms with Gasteiger partial charge in [-0.2, -0.15) is 0 Å². The molecule has 0 radical (unpaired) electrons. The van der Waals surface area contributed by atoms with Crippen molar-refractivity contribution >= 4 is 23.1 Å². The molecule has 1 unspecified atom stereocenters. The Morgan fingerprint density at radius 1 is 1.58 bits per heavy atom. The van der Waals surface area contributed by atoms with Crippen LogP contribution in [0, 0.1) is 0 Å². The summed E-state index contributed by atoms with van der Waals surface area (Å²) < 4.78 is 5.04. The summed E-state index contributed by atoms with van der Waals surface area (Å²) in [5, 5.41) is 9.76. The number of thiocarbonyl (C=S) groups is 1. The Hall–Kier alpha value is -1.82. The van der Waals surface area contributed by atoms with Crippen molar-refractivity contribution in [2.45, 2.75) is 19.4 Å². The second-order valence-electron chi connectivity index (χ2n) is 4.32. The molecule has 19 heavy (non-hydrogen) atoms. The number of aromatic hydroxyl groups is 1. The third kappa shape index (κ3) is 3.82. The van der Waals surface area contributed by atoms with Crippen LogP contribution >= 0.6 is 12.2 Å². The van der Waals surface area contributed by atoms with Gasteiger partial charge in [-0.15, -0.1) is 0 Å². The zero-order chi connectivity index (χ0) is 14.6. The van der Waals surface area contributed by atoms with Crippen LogP contribution in [-0.4, -0.2) is 41.1 Å². The summed E-state index contributed by atoms with van der Waals surface area (Å²) in [7, 11) is 3.14. The number of nitrogens with two attached hydrogens (primary N) is 1. The molecule has 1 aromatic carbocycles. The number of hydrogen-bond acceptors (Lipinski definition) is 4. The van der Waals surface area contributed by atoms with Crippen LogP contribution in [0.15, 0.2) is 18.2 Å². The molecule has 0 spiro atoms. The van der Waals surface area contributed by atoms with E-state index in [1.165, 1.54) is 24.1 Å². The molecule has 6 heteroatoms. The first-order valence-electron chi connectivity index (χ1n) is 5.79. The topological polar surface area (TPSA) is 75.8 Å². The number of nitrogens with zero attached hydrogens (tertiary/aromatic N) is 1. The molecular weight excluding hydrogens is 264 g/mol. The second-order valence-corrected chi connectivity index (χ2v) is 4.84. The van der Waals surface area contributed by atoms with Crippen LogP contribution in [-0.2, 0) is 0 Å². The van der Waals surface area contributed by atoms with E-state index in [2.05, 4.69) is 0 Å². The Kier molecular flexibility index (Phi) is 5.11. The highest BCUT2D eigenvalue weighted by atomic mass is 32.1. The highest BCUT2D eigenvalue weighted by Gasteiger charge is 2.21. The number of amides is 1. The minimum atomic E-state index is -0.305. The molecule has 1 rings (SSSR count). The van der Waals surface area contributed by atoms with Gasteiger partial charge in [0.05, 0.1) is 17.7 Å². The highest BCUT2D eigenvalue weighted by Crippen LogP contribution is 2.24. The summed E-state index contributed by atoms with van der Waals surface area (Å²) >= 11 is 4.83. The molecule has 0 saturated heterocycles. The second kappa shape index (κ2) is 6.38. The van der Waals surface area contributed by atoms with Crippen molar-refractivity contribution < 1.29 is 14.6 Å². The predicted molar refractivity (Wildman–Crippen MR) is 77.6 cm³/mol. The Morgan fingerprint density at radius 2 is 2.21 bits per heavy atom. The number of carbonyl (C=O) groups excluding carboxylic acids is 1. The fourth-order valence-electron chi connectivity index (χ4n) is 1.63. The molecule has 0 bridgehead atoms. The monoisotopic (exact) mass is 282 g/mol. The first-order valence-corrected chi connectivity index (χ1v) is 6.20. The number of phenolic OH excluding ortho intramolecular Hbond substituents is 1. The molecule has 1 amide bonds. The lowest BCUT2D eigenvalue weighted by Crippen LogP contribution is -2.37. The van der Waals surface area contributed by atoms with E-state index in [0.29, 0.717) is 17.2 Å². The summed E-state index contributed by atoms with van der Waals surface area (Å²) in [4.78, 5) is 14.1. The first kappa shape index (κ1) is 15.2. The first-order chi connectivity index (χ1) is 8.86. The van der Waals surface area contributed by atoms with Gasteiger partial charge in [-0.3, -0.25) is 4.79 Å². The van der Waals surface area contributed by atoms with Crippen LogP contribution in [0.3, 0.4) is 0 Å². The van der Waals surface area contributed by atoms with Crippen LogP contribution in [0.5, 0.6) is 11.5 Å². The maximum atomic E-state index is 12.3. The standard InChI is InChI=1S/C13H18N2O3S/c1-8(6-12(14)19)15(2)13(17)10-7-9(18-3)4-5-11(10)16/h4-5,7-8,16H,6H2,1-3H3,(H2,14,19). The largest absolute Gasteiger partial charge is 0.507 e. The number of benzene rings is 1. The van der Waals surface area contributed by atoms with Crippen LogP contribution in [0.4, 0.5) is 0 Å². The third-order valence-corrected chi connectivity index (χ3v) is 3.08. The van der Waals surface area contributed by atoms with Gasteiger partial charge in [-0.1, -0.05) is 12.2 Å². The van der Waals surface area contributed by atoms with Gasteiger partial charge < -0.3 is 20.5 Å². The van der Waals surface area contributed by atoms with Crippen LogP contribution in [0.1, 0.15) is 23.7 Å². The quantitative estimate of drug-likeness (QED) is 0.801. The Labute approximate surface area is 118 Å². The summed E-state index contributed by atoms with van der Waals surface area (Å²) in [6.45, 7) is 1.84. The number of phenols is 1. The minimum Gasteiger partial charge on any atom is -0.507 e. The van der Waals surface area contributed by atoms with Gasteiger partial charge in [-0.25, -0.2) is 0 Å². The van der Waals surface area contributed by atoms with Crippen molar-refractivity contribution in [2.24, 2.45) is 5.73 Å². The molecule has 1 atom stereocenters. The summed E-state index contributed by atoms with van der Waals surface area (Å²) in [6.07, 6.45) is 0.433. The van der Waals surface area contributed by atoms with E-state index in [9.17, 15) is 9.90 Å². The van der Waals surface area contributed by atoms with Gasteiger partial charge in [-0.05, 0) is 25.1 Å². The molecule has 0 aliphatic carbocycles. The SMILES string of the molecule is COc1ccc(O)c(C(=O)N(C)C(C)CC(N)=S)c1. The molecule has 0 heterocycles. The normalized spacial score (nSPS) is 11.7. The maximum absolute atomic E-state index is 12.3. The van der Waals surface area contributed by atoms with E-state index >= 15 is 0 Å². The van der Waals surface area contributed by atoms with Gasteiger partial charge in [0.2, 0.25) is 0 Å². The van der Waals surface area contributed by atoms with E-state index in [1.54, 1.807) is 13.1 Å². The Balaban J connectivity index is 2.96. The third-order valence-electron chi connectivity index (χ3n) is 2.91. The van der Waals surface area contributed by atoms with E-state index in [1.807, 2.05) is 6.92 Å². The summed E-state index contributed by atoms with van der Waals surface area (Å²) in [6, 6.07) is 4.38. The fourth-order valence-corrected chi connectivity index (χ4v) is 1.87. The maximum Gasteiger partial charge on any atom is 0.257 e. The molecular formula is C13H18N2O3S. The number of carbonyl (C=O) groups is 1. The Bertz CT molecular complexity index is 491. The van der Waals surface area contributed by atoms with Gasteiger partial charge in [0.15, 0.2) is 0 Å². The van der Waals surface area contributed by atoms with Gasteiger partial charge >= 0.3 is 0 Å². The van der Waals surface area contributed by atoms with E-state index < -0.39 is 0 Å². The van der Waals surface area contributed by atoms with Crippen molar-refractivity contribution in [1.82, 2.24) is 4.90 Å². The highest BCUT2D eigenvalue weighted by molar-refractivity contribution is 7.80. The van der Waals surface area contributed by atoms with E-state index in [0.717, 1.165) is 0 Å². The molecule has 0 fully saturated rings. The summed E-state index contributed by atoms with van der Waals surface area (Å²) in [5.74, 6) is 0.122. The zero-order valence-corrected chi connectivity index (χ0v) is 12.0. The Morgan fingerprint density at radius 3 is 2.74 bits per heavy atom. The van der Waals surface area contributed by atoms with Crippen molar-refractivity contribution in [2.75, 3.05) is 14.2 Å². The molecule has 0 saturated carbocycles. The molecule has 0 aromatic heterocycles. The van der Waals surface area contributed by atoms with Crippen molar-refractivity contribution in [3.05, 3.63) is 23.8 Å². The van der Waals surface area contributed by atoms with E-state index in [-0.39, 0.29) is 23.3 Å². The van der Waals surface area contributed by atoms with Gasteiger partial charge in [0.1, 0.15) is 11.5 Å². The van der Waals surface area contributed by atoms with Crippen molar-refractivity contribution in [1.29, 1.82) is 0 Å². The van der Waals surface area contributed by atoms with Crippen molar-refractivity contribution in [3.63, 3.8) is 0 Å². The number of methoxy groups -OCH3 is 1. The molecule has 5 nitrogen and oxygen atoms in total.